The van der Waals surface area contributed by atoms with Crippen molar-refractivity contribution >= 4 is 23.9 Å². The van der Waals surface area contributed by atoms with Crippen molar-refractivity contribution in [2.75, 3.05) is 0 Å². The van der Waals surface area contributed by atoms with E-state index in [1.165, 1.54) is 38.5 Å². The number of carbonyl (C=O) groups excluding carboxylic acids is 4. The molecule has 57 heavy (non-hydrogen) atoms. The first-order valence-electron chi connectivity index (χ1n) is 20.8. The number of carbonyl (C=O) groups is 4. The van der Waals surface area contributed by atoms with Crippen molar-refractivity contribution in [2.45, 2.75) is 234 Å². The highest BCUT2D eigenvalue weighted by molar-refractivity contribution is 5.78. The molecular formula is C49H94O8. The van der Waals surface area contributed by atoms with Gasteiger partial charge in [0.25, 0.3) is 0 Å². The van der Waals surface area contributed by atoms with Gasteiger partial charge in [-0.1, -0.05) is 78.7 Å². The molecule has 7 aliphatic rings. The van der Waals surface area contributed by atoms with Gasteiger partial charge in [-0.15, -0.1) is 0 Å². The molecule has 10 unspecified atom stereocenters. The maximum atomic E-state index is 12.2. The highest BCUT2D eigenvalue weighted by Gasteiger charge is 2.63. The minimum Gasteiger partial charge on any atom is -0.462 e. The van der Waals surface area contributed by atoms with Gasteiger partial charge in [0.1, 0.15) is 23.9 Å². The molecule has 6 saturated carbocycles. The van der Waals surface area contributed by atoms with Crippen LogP contribution in [-0.4, -0.2) is 47.8 Å². The van der Waals surface area contributed by atoms with E-state index < -0.39 is 5.41 Å². The molecular weight excluding hydrogens is 717 g/mol. The van der Waals surface area contributed by atoms with Gasteiger partial charge in [-0.25, -0.2) is 0 Å². The average molecular weight is 811 g/mol. The maximum Gasteiger partial charge on any atom is 0.312 e. The molecule has 8 heteroatoms. The lowest BCUT2D eigenvalue weighted by Crippen LogP contribution is -2.39. The third kappa shape index (κ3) is 11.6. The van der Waals surface area contributed by atoms with Crippen molar-refractivity contribution in [2.24, 2.45) is 57.7 Å². The molecule has 4 bridgehead atoms. The van der Waals surface area contributed by atoms with E-state index in [2.05, 4.69) is 13.8 Å². The van der Waals surface area contributed by atoms with E-state index in [0.29, 0.717) is 17.8 Å². The van der Waals surface area contributed by atoms with E-state index >= 15 is 0 Å². The number of esters is 4. The van der Waals surface area contributed by atoms with Gasteiger partial charge in [0.05, 0.1) is 22.2 Å². The fourth-order valence-electron chi connectivity index (χ4n) is 10.1. The van der Waals surface area contributed by atoms with Crippen molar-refractivity contribution in [3.63, 3.8) is 0 Å². The molecule has 0 N–H and O–H groups in total. The molecule has 10 atom stereocenters. The highest BCUT2D eigenvalue weighted by Crippen LogP contribution is 2.60. The van der Waals surface area contributed by atoms with E-state index in [4.69, 9.17) is 18.9 Å². The van der Waals surface area contributed by atoms with Gasteiger partial charge in [0.15, 0.2) is 0 Å². The standard InChI is InChI=1S/C16H26O2.C14H20O4.C13H24O2.6CH4/c1-4-16(2,3)15(17)18-14-9-10-8-13(14)12-7-5-6-11(10)12;1-4-14(2,3)13(16)18-10-7-5-8-9(6-7)12(15)17-11(8)10;1-5-12(3,4)11(14)15-13(6-2)9-7-8-10-13;;;;;;/h10-14H,4-9H2,1-3H3;7-11H,4-6H2,1-3H3;5-10H2,1-4H3;6*1H4. The summed E-state index contributed by atoms with van der Waals surface area (Å²) in [5.74, 6) is 3.88. The predicted molar refractivity (Wildman–Crippen MR) is 237 cm³/mol. The molecule has 7 rings (SSSR count). The number of hydrogen-bond donors (Lipinski definition) is 0. The van der Waals surface area contributed by atoms with Crippen LogP contribution < -0.4 is 0 Å². The molecule has 1 saturated heterocycles. The number of rotatable bonds is 10. The first-order valence-corrected chi connectivity index (χ1v) is 20.8. The van der Waals surface area contributed by atoms with Crippen molar-refractivity contribution in [1.29, 1.82) is 0 Å². The van der Waals surface area contributed by atoms with Gasteiger partial charge >= 0.3 is 23.9 Å². The van der Waals surface area contributed by atoms with Crippen LogP contribution in [0.15, 0.2) is 0 Å². The van der Waals surface area contributed by atoms with Gasteiger partial charge < -0.3 is 18.9 Å². The zero-order valence-electron chi connectivity index (χ0n) is 33.6. The summed E-state index contributed by atoms with van der Waals surface area (Å²) in [4.78, 5) is 47.9. The average Bonchev–Trinajstić information content (AvgIpc) is 3.95. The summed E-state index contributed by atoms with van der Waals surface area (Å²) < 4.78 is 22.7. The van der Waals surface area contributed by atoms with Gasteiger partial charge in [0.2, 0.25) is 0 Å². The minimum absolute atomic E-state index is 0. The lowest BCUT2D eigenvalue weighted by molar-refractivity contribution is -0.171. The number of ether oxygens (including phenoxy) is 4. The molecule has 6 aliphatic carbocycles. The molecule has 0 aromatic rings. The largest absolute Gasteiger partial charge is 0.462 e. The Kier molecular flexibility index (Phi) is 21.9. The van der Waals surface area contributed by atoms with Gasteiger partial charge in [-0.3, -0.25) is 19.2 Å². The van der Waals surface area contributed by atoms with Crippen LogP contribution in [0.3, 0.4) is 0 Å². The Morgan fingerprint density at radius 1 is 0.614 bits per heavy atom. The summed E-state index contributed by atoms with van der Waals surface area (Å²) in [5.41, 5.74) is -1.23. The van der Waals surface area contributed by atoms with E-state index in [9.17, 15) is 19.2 Å². The van der Waals surface area contributed by atoms with Gasteiger partial charge in [0, 0.05) is 11.8 Å². The lowest BCUT2D eigenvalue weighted by atomic mass is 9.80. The SMILES string of the molecule is C.C.C.C.C.C.CCC(C)(C)C(=O)OC1C2CC3C(=O)OC1C3C2.CCC(C)(C)C(=O)OC1CC2CC1C1CCCC21.CCC1(OC(=O)C(C)(C)CC)CCCC1. The zero-order valence-corrected chi connectivity index (χ0v) is 33.6. The minimum atomic E-state index is -0.455. The summed E-state index contributed by atoms with van der Waals surface area (Å²) in [7, 11) is 0. The second-order valence-corrected chi connectivity index (χ2v) is 19.2. The van der Waals surface area contributed by atoms with Crippen LogP contribution in [0.2, 0.25) is 0 Å². The Hall–Kier alpha value is -2.12. The Balaban J connectivity index is 0. The molecule has 0 radical (unpaired) electrons. The van der Waals surface area contributed by atoms with Crippen LogP contribution in [0.4, 0.5) is 0 Å². The van der Waals surface area contributed by atoms with E-state index in [-0.39, 0.29) is 109 Å². The van der Waals surface area contributed by atoms with Crippen LogP contribution in [0, 0.1) is 57.7 Å². The smallest absolute Gasteiger partial charge is 0.312 e. The predicted octanol–water partition coefficient (Wildman–Crippen LogP) is 13.2. The Morgan fingerprint density at radius 3 is 1.63 bits per heavy atom. The second kappa shape index (κ2) is 21.9. The number of hydrogen-bond acceptors (Lipinski definition) is 8. The zero-order chi connectivity index (χ0) is 37.5. The second-order valence-electron chi connectivity index (χ2n) is 19.2. The third-order valence-corrected chi connectivity index (χ3v) is 15.1. The molecule has 8 nitrogen and oxygen atoms in total. The molecule has 0 spiro atoms. The monoisotopic (exact) mass is 811 g/mol. The first-order chi connectivity index (χ1) is 23.9. The summed E-state index contributed by atoms with van der Waals surface area (Å²) in [6.45, 7) is 19.9. The Morgan fingerprint density at radius 2 is 1.11 bits per heavy atom. The molecule has 0 amide bonds. The summed E-state index contributed by atoms with van der Waals surface area (Å²) in [5, 5.41) is 0. The summed E-state index contributed by atoms with van der Waals surface area (Å²) in [6, 6.07) is 0. The van der Waals surface area contributed by atoms with Crippen LogP contribution in [-0.2, 0) is 38.1 Å². The number of fused-ring (bicyclic) bond motifs is 6. The van der Waals surface area contributed by atoms with Crippen molar-refractivity contribution in [1.82, 2.24) is 0 Å². The quantitative estimate of drug-likeness (QED) is 0.159. The highest BCUT2D eigenvalue weighted by atomic mass is 16.6. The topological polar surface area (TPSA) is 105 Å². The maximum absolute atomic E-state index is 12.2. The first kappa shape index (κ1) is 57.0. The van der Waals surface area contributed by atoms with Crippen LogP contribution in [0.1, 0.15) is 210 Å². The van der Waals surface area contributed by atoms with Crippen LogP contribution in [0.5, 0.6) is 0 Å². The summed E-state index contributed by atoms with van der Waals surface area (Å²) >= 11 is 0. The Bertz CT molecular complexity index is 1280. The molecule has 7 fully saturated rings. The molecule has 0 aromatic carbocycles. The normalized spacial score (nSPS) is 31.6. The van der Waals surface area contributed by atoms with Crippen LogP contribution >= 0.6 is 0 Å². The lowest BCUT2D eigenvalue weighted by Gasteiger charge is -2.33. The molecule has 0 aromatic heterocycles. The molecule has 1 heterocycles. The van der Waals surface area contributed by atoms with Crippen molar-refractivity contribution in [3.05, 3.63) is 0 Å². The van der Waals surface area contributed by atoms with Gasteiger partial charge in [-0.2, -0.15) is 0 Å². The third-order valence-electron chi connectivity index (χ3n) is 15.1. The van der Waals surface area contributed by atoms with E-state index in [0.717, 1.165) is 75.5 Å². The fourth-order valence-corrected chi connectivity index (χ4v) is 10.1. The van der Waals surface area contributed by atoms with Crippen LogP contribution in [0.25, 0.3) is 0 Å². The van der Waals surface area contributed by atoms with E-state index in [1.54, 1.807) is 0 Å². The van der Waals surface area contributed by atoms with Gasteiger partial charge in [-0.05, 0) is 155 Å². The summed E-state index contributed by atoms with van der Waals surface area (Å²) in [6.07, 6.45) is 16.3. The fraction of sp³-hybridized carbons (Fsp3) is 0.918. The molecule has 1 aliphatic heterocycles. The van der Waals surface area contributed by atoms with Crippen molar-refractivity contribution < 1.29 is 38.1 Å². The molecule has 338 valence electrons. The Labute approximate surface area is 352 Å². The van der Waals surface area contributed by atoms with E-state index in [1.807, 2.05) is 55.4 Å². The van der Waals surface area contributed by atoms with Crippen molar-refractivity contribution in [3.8, 4) is 0 Å².